The fourth-order valence-electron chi connectivity index (χ4n) is 3.62. The molecule has 1 aliphatic heterocycles. The summed E-state index contributed by atoms with van der Waals surface area (Å²) in [6.07, 6.45) is 4.79. The van der Waals surface area contributed by atoms with Crippen LogP contribution in [0.3, 0.4) is 0 Å². The van der Waals surface area contributed by atoms with Crippen LogP contribution in [0.2, 0.25) is 5.02 Å². The van der Waals surface area contributed by atoms with Crippen molar-refractivity contribution in [3.8, 4) is 5.88 Å². The minimum absolute atomic E-state index is 0.106. The van der Waals surface area contributed by atoms with Gasteiger partial charge in [-0.2, -0.15) is 0 Å². The van der Waals surface area contributed by atoms with Gasteiger partial charge in [0.05, 0.1) is 7.11 Å². The number of carbonyl (C=O) groups excluding carboxylic acids is 2. The first-order chi connectivity index (χ1) is 15.5. The molecule has 9 nitrogen and oxygen atoms in total. The Kier molecular flexibility index (Phi) is 6.46. The average molecular weight is 453 g/mol. The van der Waals surface area contributed by atoms with E-state index in [1.807, 2.05) is 6.07 Å². The minimum Gasteiger partial charge on any atom is -0.481 e. The molecular formula is C22H21ClN6O3. The fraction of sp³-hybridized carbons (Fsp3) is 0.227. The normalized spacial score (nSPS) is 18.2. The number of benzene rings is 1. The molecule has 3 amide bonds. The molecule has 4 rings (SSSR count). The summed E-state index contributed by atoms with van der Waals surface area (Å²) in [5.41, 5.74) is 1.47. The van der Waals surface area contributed by atoms with Gasteiger partial charge in [0.25, 0.3) is 0 Å². The number of ether oxygens (including phenoxy) is 1. The Bertz CT molecular complexity index is 1080. The van der Waals surface area contributed by atoms with Crippen LogP contribution in [0.1, 0.15) is 17.9 Å². The highest BCUT2D eigenvalue weighted by atomic mass is 35.5. The number of amides is 3. The number of anilines is 2. The summed E-state index contributed by atoms with van der Waals surface area (Å²) in [5, 5.41) is 6.29. The summed E-state index contributed by atoms with van der Waals surface area (Å²) in [6.45, 7) is 0.329. The van der Waals surface area contributed by atoms with Crippen molar-refractivity contribution < 1.29 is 14.3 Å². The Hall–Kier alpha value is -3.72. The predicted octanol–water partition coefficient (Wildman–Crippen LogP) is 3.24. The van der Waals surface area contributed by atoms with Crippen LogP contribution >= 0.6 is 11.6 Å². The largest absolute Gasteiger partial charge is 0.481 e. The van der Waals surface area contributed by atoms with Crippen molar-refractivity contribution >= 4 is 35.0 Å². The first kappa shape index (κ1) is 21.5. The molecule has 2 unspecified atom stereocenters. The Morgan fingerprint density at radius 1 is 1.16 bits per heavy atom. The Labute approximate surface area is 189 Å². The summed E-state index contributed by atoms with van der Waals surface area (Å²) < 4.78 is 5.15. The molecule has 2 atom stereocenters. The monoisotopic (exact) mass is 452 g/mol. The molecule has 32 heavy (non-hydrogen) atoms. The van der Waals surface area contributed by atoms with Crippen LogP contribution in [0.25, 0.3) is 0 Å². The lowest BCUT2D eigenvalue weighted by atomic mass is 9.86. The molecular weight excluding hydrogens is 432 g/mol. The van der Waals surface area contributed by atoms with Gasteiger partial charge in [-0.25, -0.2) is 19.7 Å². The van der Waals surface area contributed by atoms with Gasteiger partial charge in [-0.05, 0) is 35.9 Å². The van der Waals surface area contributed by atoms with Gasteiger partial charge in [0.2, 0.25) is 11.8 Å². The first-order valence-electron chi connectivity index (χ1n) is 9.93. The Morgan fingerprint density at radius 3 is 2.62 bits per heavy atom. The third-order valence-corrected chi connectivity index (χ3v) is 5.47. The van der Waals surface area contributed by atoms with Crippen molar-refractivity contribution in [3.63, 3.8) is 0 Å². The number of pyridine rings is 1. The lowest BCUT2D eigenvalue weighted by molar-refractivity contribution is -0.120. The zero-order valence-corrected chi connectivity index (χ0v) is 18.0. The second-order valence-corrected chi connectivity index (χ2v) is 7.66. The molecule has 1 fully saturated rings. The van der Waals surface area contributed by atoms with Gasteiger partial charge in [0.15, 0.2) is 0 Å². The van der Waals surface area contributed by atoms with Crippen LogP contribution in [0.5, 0.6) is 5.88 Å². The van der Waals surface area contributed by atoms with Crippen LogP contribution in [-0.2, 0) is 4.79 Å². The van der Waals surface area contributed by atoms with Crippen LogP contribution in [0.4, 0.5) is 16.3 Å². The van der Waals surface area contributed by atoms with Crippen LogP contribution < -0.4 is 20.3 Å². The number of carbonyl (C=O) groups is 2. The molecule has 10 heteroatoms. The number of nitrogens with one attached hydrogen (secondary N) is 2. The second-order valence-electron chi connectivity index (χ2n) is 7.23. The molecule has 0 radical (unpaired) electrons. The number of urea groups is 1. The fourth-order valence-corrected chi connectivity index (χ4v) is 3.75. The maximum absolute atomic E-state index is 12.9. The van der Waals surface area contributed by atoms with Crippen molar-refractivity contribution in [2.75, 3.05) is 23.9 Å². The molecule has 0 bridgehead atoms. The molecule has 0 spiro atoms. The van der Waals surface area contributed by atoms with E-state index in [1.54, 1.807) is 60.8 Å². The number of methoxy groups -OCH3 is 1. The highest BCUT2D eigenvalue weighted by Gasteiger charge is 2.37. The van der Waals surface area contributed by atoms with E-state index in [9.17, 15) is 9.59 Å². The lowest BCUT2D eigenvalue weighted by Gasteiger charge is -2.38. The van der Waals surface area contributed by atoms with Crippen LogP contribution in [0, 0.1) is 0 Å². The van der Waals surface area contributed by atoms with E-state index in [0.717, 1.165) is 5.56 Å². The lowest BCUT2D eigenvalue weighted by Crippen LogP contribution is -2.53. The van der Waals surface area contributed by atoms with Crippen molar-refractivity contribution in [1.29, 1.82) is 0 Å². The number of piperidine rings is 1. The number of aromatic nitrogens is 3. The van der Waals surface area contributed by atoms with E-state index in [1.165, 1.54) is 6.33 Å². The number of halogens is 1. The maximum atomic E-state index is 12.9. The first-order valence-corrected chi connectivity index (χ1v) is 10.3. The summed E-state index contributed by atoms with van der Waals surface area (Å²) in [7, 11) is 1.55. The third-order valence-electron chi connectivity index (χ3n) is 5.22. The van der Waals surface area contributed by atoms with E-state index in [0.29, 0.717) is 29.0 Å². The van der Waals surface area contributed by atoms with Gasteiger partial charge in [-0.3, -0.25) is 9.69 Å². The molecule has 0 aliphatic carbocycles. The van der Waals surface area contributed by atoms with Crippen LogP contribution in [-0.4, -0.2) is 46.6 Å². The van der Waals surface area contributed by atoms with Crippen molar-refractivity contribution in [1.82, 2.24) is 20.3 Å². The molecule has 1 aliphatic rings. The Balaban J connectivity index is 1.56. The molecule has 164 valence electrons. The van der Waals surface area contributed by atoms with E-state index in [2.05, 4.69) is 25.6 Å². The summed E-state index contributed by atoms with van der Waals surface area (Å²) in [5.74, 6) is 0.647. The minimum atomic E-state index is -0.442. The molecule has 3 heterocycles. The molecule has 2 N–H and O–H groups in total. The van der Waals surface area contributed by atoms with E-state index in [4.69, 9.17) is 16.3 Å². The summed E-state index contributed by atoms with van der Waals surface area (Å²) in [6, 6.07) is 11.3. The molecule has 1 aromatic carbocycles. The number of nitrogens with zero attached hydrogens (tertiary/aromatic N) is 4. The standard InChI is InChI=1S/C22H21ClN6O3/c1-32-20-7-2-14(11-25-20)17-12-29(19-8-9-24-13-26-19)21(30)10-18(17)28-22(31)27-16-5-3-15(23)4-6-16/h2-9,11,13,17-18H,10,12H2,1H3,(H2,27,28,31). The number of hydrogen-bond donors (Lipinski definition) is 2. The topological polar surface area (TPSA) is 109 Å². The smallest absolute Gasteiger partial charge is 0.319 e. The zero-order chi connectivity index (χ0) is 22.5. The van der Waals surface area contributed by atoms with Gasteiger partial charge in [0, 0.05) is 54.1 Å². The predicted molar refractivity (Wildman–Crippen MR) is 120 cm³/mol. The summed E-state index contributed by atoms with van der Waals surface area (Å²) in [4.78, 5) is 39.6. The van der Waals surface area contributed by atoms with Gasteiger partial charge < -0.3 is 15.4 Å². The second kappa shape index (κ2) is 9.61. The van der Waals surface area contributed by atoms with Crippen molar-refractivity contribution in [2.45, 2.75) is 18.4 Å². The van der Waals surface area contributed by atoms with Gasteiger partial charge >= 0.3 is 6.03 Å². The van der Waals surface area contributed by atoms with E-state index >= 15 is 0 Å². The molecule has 3 aromatic rings. The maximum Gasteiger partial charge on any atom is 0.319 e. The van der Waals surface area contributed by atoms with Gasteiger partial charge in [0.1, 0.15) is 12.1 Å². The third kappa shape index (κ3) is 4.94. The quantitative estimate of drug-likeness (QED) is 0.615. The van der Waals surface area contributed by atoms with Crippen molar-refractivity contribution in [2.24, 2.45) is 0 Å². The molecule has 1 saturated heterocycles. The SMILES string of the molecule is COc1ccc(C2CN(c3ccncn3)C(=O)CC2NC(=O)Nc2ccc(Cl)cc2)cn1. The highest BCUT2D eigenvalue weighted by Crippen LogP contribution is 2.31. The average Bonchev–Trinajstić information content (AvgIpc) is 2.81. The van der Waals surface area contributed by atoms with Crippen molar-refractivity contribution in [3.05, 3.63) is 71.8 Å². The number of hydrogen-bond acceptors (Lipinski definition) is 6. The van der Waals surface area contributed by atoms with Gasteiger partial charge in [-0.1, -0.05) is 17.7 Å². The Morgan fingerprint density at radius 2 is 1.97 bits per heavy atom. The summed E-state index contributed by atoms with van der Waals surface area (Å²) >= 11 is 5.90. The zero-order valence-electron chi connectivity index (χ0n) is 17.2. The van der Waals surface area contributed by atoms with Gasteiger partial charge in [-0.15, -0.1) is 0 Å². The van der Waals surface area contributed by atoms with Crippen LogP contribution in [0.15, 0.2) is 61.2 Å². The molecule has 0 saturated carbocycles. The molecule has 2 aromatic heterocycles. The highest BCUT2D eigenvalue weighted by molar-refractivity contribution is 6.30. The number of rotatable bonds is 5. The van der Waals surface area contributed by atoms with E-state index < -0.39 is 12.1 Å². The van der Waals surface area contributed by atoms with E-state index in [-0.39, 0.29) is 18.2 Å².